The Labute approximate surface area is 162 Å². The first kappa shape index (κ1) is 21.0. The molecule has 0 saturated heterocycles. The number of fused-ring (bicyclic) bond motifs is 1. The van der Waals surface area contributed by atoms with Crippen LogP contribution in [0.5, 0.6) is 0 Å². The number of hydrogen-bond acceptors (Lipinski definition) is 3. The summed E-state index contributed by atoms with van der Waals surface area (Å²) in [4.78, 5) is 15.6. The number of rotatable bonds is 8. The average molecular weight is 369 g/mol. The van der Waals surface area contributed by atoms with E-state index in [0.717, 1.165) is 35.0 Å². The number of nitrogens with one attached hydrogen (secondary N) is 1. The Hall–Kier alpha value is -2.33. The Morgan fingerprint density at radius 1 is 1.15 bits per heavy atom. The molecule has 1 aromatic carbocycles. The van der Waals surface area contributed by atoms with E-state index in [2.05, 4.69) is 63.0 Å². The molecule has 0 radical (unpaired) electrons. The summed E-state index contributed by atoms with van der Waals surface area (Å²) in [6, 6.07) is 5.83. The van der Waals surface area contributed by atoms with E-state index in [4.69, 9.17) is 10.5 Å². The smallest absolute Gasteiger partial charge is 0.323 e. The maximum absolute atomic E-state index is 12.1. The number of benzene rings is 1. The molecule has 0 spiro atoms. The molecule has 4 heteroatoms. The number of ether oxygens (including phenoxy) is 1. The molecule has 0 aliphatic carbocycles. The van der Waals surface area contributed by atoms with E-state index >= 15 is 0 Å². The number of allylic oxidation sites excluding steroid dienone is 4. The fraction of sp³-hybridized carbons (Fsp3) is 0.435. The van der Waals surface area contributed by atoms with Crippen molar-refractivity contribution in [1.82, 2.24) is 4.98 Å². The lowest BCUT2D eigenvalue weighted by Crippen LogP contribution is -2.34. The summed E-state index contributed by atoms with van der Waals surface area (Å²) in [6.45, 7) is 10.5. The van der Waals surface area contributed by atoms with Gasteiger partial charge in [-0.25, -0.2) is 0 Å². The summed E-state index contributed by atoms with van der Waals surface area (Å²) in [7, 11) is 0. The number of carbonyl (C=O) groups is 1. The standard InChI is InChI=1S/C23H32N2O2/c1-6-27-23(26)20(24)14-19-18-13-17(9-7-15(2)3)10-12-22(18)25-21(19)11-8-16(4)5/h7-8,10,12-13,20,25H,6,9,11,14,24H2,1-5H3/t20-/m0/s1. The third kappa shape index (κ3) is 5.83. The molecule has 1 aromatic heterocycles. The fourth-order valence-electron chi connectivity index (χ4n) is 3.07. The predicted molar refractivity (Wildman–Crippen MR) is 113 cm³/mol. The molecule has 1 atom stereocenters. The zero-order chi connectivity index (χ0) is 20.0. The third-order valence-electron chi connectivity index (χ3n) is 4.53. The van der Waals surface area contributed by atoms with Gasteiger partial charge in [-0.05, 0) is 64.3 Å². The highest BCUT2D eigenvalue weighted by molar-refractivity contribution is 5.87. The van der Waals surface area contributed by atoms with Crippen molar-refractivity contribution in [3.05, 3.63) is 58.3 Å². The van der Waals surface area contributed by atoms with E-state index in [-0.39, 0.29) is 5.97 Å². The van der Waals surface area contributed by atoms with E-state index in [0.29, 0.717) is 13.0 Å². The highest BCUT2D eigenvalue weighted by Crippen LogP contribution is 2.26. The van der Waals surface area contributed by atoms with Crippen LogP contribution in [0, 0.1) is 0 Å². The van der Waals surface area contributed by atoms with Crippen LogP contribution in [0.2, 0.25) is 0 Å². The van der Waals surface area contributed by atoms with E-state index in [1.165, 1.54) is 16.7 Å². The molecule has 27 heavy (non-hydrogen) atoms. The Balaban J connectivity index is 2.44. The van der Waals surface area contributed by atoms with Crippen LogP contribution in [0.1, 0.15) is 51.4 Å². The molecule has 0 fully saturated rings. The monoisotopic (exact) mass is 368 g/mol. The molecular formula is C23H32N2O2. The highest BCUT2D eigenvalue weighted by atomic mass is 16.5. The van der Waals surface area contributed by atoms with E-state index in [1.54, 1.807) is 6.92 Å². The number of esters is 1. The van der Waals surface area contributed by atoms with Gasteiger partial charge in [0.15, 0.2) is 0 Å². The number of nitrogens with two attached hydrogens (primary N) is 1. The topological polar surface area (TPSA) is 68.1 Å². The number of carbonyl (C=O) groups excluding carboxylic acids is 1. The van der Waals surface area contributed by atoms with Crippen molar-refractivity contribution >= 4 is 16.9 Å². The van der Waals surface area contributed by atoms with Crippen molar-refractivity contribution in [2.24, 2.45) is 5.73 Å². The fourth-order valence-corrected chi connectivity index (χ4v) is 3.07. The highest BCUT2D eigenvalue weighted by Gasteiger charge is 2.20. The molecule has 0 unspecified atom stereocenters. The molecule has 2 rings (SSSR count). The van der Waals surface area contributed by atoms with Crippen LogP contribution in [0.4, 0.5) is 0 Å². The van der Waals surface area contributed by atoms with Crippen LogP contribution in [-0.4, -0.2) is 23.6 Å². The molecule has 0 amide bonds. The largest absolute Gasteiger partial charge is 0.465 e. The quantitative estimate of drug-likeness (QED) is 0.528. The second kappa shape index (κ2) is 9.56. The molecule has 4 nitrogen and oxygen atoms in total. The average Bonchev–Trinajstić information content (AvgIpc) is 2.95. The van der Waals surface area contributed by atoms with Gasteiger partial charge in [0.1, 0.15) is 6.04 Å². The van der Waals surface area contributed by atoms with Crippen molar-refractivity contribution in [3.63, 3.8) is 0 Å². The van der Waals surface area contributed by atoms with Crippen molar-refractivity contribution in [2.75, 3.05) is 6.61 Å². The maximum atomic E-state index is 12.1. The minimum atomic E-state index is -0.657. The number of aromatic nitrogens is 1. The zero-order valence-corrected chi connectivity index (χ0v) is 17.2. The van der Waals surface area contributed by atoms with E-state index in [9.17, 15) is 4.79 Å². The second-order valence-electron chi connectivity index (χ2n) is 7.50. The number of H-pyrrole nitrogens is 1. The van der Waals surface area contributed by atoms with Crippen molar-refractivity contribution in [2.45, 2.75) is 59.9 Å². The van der Waals surface area contributed by atoms with Gasteiger partial charge < -0.3 is 15.5 Å². The molecule has 3 N–H and O–H groups in total. The normalized spacial score (nSPS) is 11.9. The molecule has 0 aliphatic rings. The summed E-state index contributed by atoms with van der Waals surface area (Å²) >= 11 is 0. The maximum Gasteiger partial charge on any atom is 0.323 e. The van der Waals surface area contributed by atoms with Crippen molar-refractivity contribution in [1.29, 1.82) is 0 Å². The summed E-state index contributed by atoms with van der Waals surface area (Å²) < 4.78 is 5.10. The third-order valence-corrected chi connectivity index (χ3v) is 4.53. The summed E-state index contributed by atoms with van der Waals surface area (Å²) in [5, 5.41) is 1.14. The minimum Gasteiger partial charge on any atom is -0.465 e. The van der Waals surface area contributed by atoms with E-state index in [1.807, 2.05) is 0 Å². The van der Waals surface area contributed by atoms with Gasteiger partial charge in [0, 0.05) is 29.4 Å². The lowest BCUT2D eigenvalue weighted by Gasteiger charge is -2.11. The Morgan fingerprint density at radius 3 is 2.44 bits per heavy atom. The summed E-state index contributed by atoms with van der Waals surface area (Å²) in [5.41, 5.74) is 13.3. The van der Waals surface area contributed by atoms with Crippen LogP contribution >= 0.6 is 0 Å². The van der Waals surface area contributed by atoms with Crippen LogP contribution in [-0.2, 0) is 28.8 Å². The lowest BCUT2D eigenvalue weighted by atomic mass is 9.99. The Bertz CT molecular complexity index is 851. The molecule has 2 aromatic rings. The first-order valence-electron chi connectivity index (χ1n) is 9.63. The van der Waals surface area contributed by atoms with Gasteiger partial charge in [-0.3, -0.25) is 4.79 Å². The van der Waals surface area contributed by atoms with Crippen LogP contribution in [0.25, 0.3) is 10.9 Å². The lowest BCUT2D eigenvalue weighted by molar-refractivity contribution is -0.144. The molecule has 0 aliphatic heterocycles. The number of aromatic amines is 1. The van der Waals surface area contributed by atoms with Crippen molar-refractivity contribution in [3.8, 4) is 0 Å². The van der Waals surface area contributed by atoms with Gasteiger partial charge in [0.05, 0.1) is 6.61 Å². The van der Waals surface area contributed by atoms with Gasteiger partial charge in [-0.1, -0.05) is 29.4 Å². The zero-order valence-electron chi connectivity index (χ0n) is 17.2. The molecule has 1 heterocycles. The van der Waals surface area contributed by atoms with Gasteiger partial charge in [-0.2, -0.15) is 0 Å². The van der Waals surface area contributed by atoms with Crippen LogP contribution in [0.15, 0.2) is 41.5 Å². The van der Waals surface area contributed by atoms with Gasteiger partial charge >= 0.3 is 5.97 Å². The summed E-state index contributed by atoms with van der Waals surface area (Å²) in [6.07, 6.45) is 6.58. The SMILES string of the molecule is CCOC(=O)[C@@H](N)Cc1c(CC=C(C)C)[nH]c2ccc(CC=C(C)C)cc12. The first-order valence-corrected chi connectivity index (χ1v) is 9.63. The van der Waals surface area contributed by atoms with Gasteiger partial charge in [-0.15, -0.1) is 0 Å². The molecular weight excluding hydrogens is 336 g/mol. The molecule has 146 valence electrons. The van der Waals surface area contributed by atoms with Crippen LogP contribution < -0.4 is 5.73 Å². The molecule has 0 saturated carbocycles. The number of hydrogen-bond donors (Lipinski definition) is 2. The first-order chi connectivity index (χ1) is 12.8. The molecule has 0 bridgehead atoms. The van der Waals surface area contributed by atoms with Crippen LogP contribution in [0.3, 0.4) is 0 Å². The second-order valence-corrected chi connectivity index (χ2v) is 7.50. The van der Waals surface area contributed by atoms with Gasteiger partial charge in [0.2, 0.25) is 0 Å². The van der Waals surface area contributed by atoms with E-state index < -0.39 is 6.04 Å². The van der Waals surface area contributed by atoms with Crippen molar-refractivity contribution < 1.29 is 9.53 Å². The van der Waals surface area contributed by atoms with Gasteiger partial charge in [0.25, 0.3) is 0 Å². The minimum absolute atomic E-state index is 0.345. The Kier molecular flexibility index (Phi) is 7.43. The summed E-state index contributed by atoms with van der Waals surface area (Å²) in [5.74, 6) is -0.347. The predicted octanol–water partition coefficient (Wildman–Crippen LogP) is 4.62. The Morgan fingerprint density at radius 2 is 1.81 bits per heavy atom.